The first-order valence-corrected chi connectivity index (χ1v) is 8.57. The second kappa shape index (κ2) is 7.62. The molecule has 0 fully saturated rings. The van der Waals surface area contributed by atoms with E-state index >= 15 is 0 Å². The van der Waals surface area contributed by atoms with Crippen LogP contribution in [0.2, 0.25) is 5.02 Å². The van der Waals surface area contributed by atoms with Crippen molar-refractivity contribution in [2.75, 3.05) is 30.0 Å². The minimum atomic E-state index is 0.365. The molecular weight excluding hydrogens is 336 g/mol. The molecule has 0 saturated heterocycles. The van der Waals surface area contributed by atoms with E-state index in [0.717, 1.165) is 35.8 Å². The number of aryl methyl sites for hydroxylation is 1. The van der Waals surface area contributed by atoms with Crippen LogP contribution < -0.4 is 9.80 Å². The first-order chi connectivity index (χ1) is 12.1. The van der Waals surface area contributed by atoms with E-state index < -0.39 is 0 Å². The average Bonchev–Trinajstić information content (AvgIpc) is 2.62. The Morgan fingerprint density at radius 1 is 1.24 bits per heavy atom. The Bertz CT molecular complexity index is 787. The number of rotatable bonds is 5. The van der Waals surface area contributed by atoms with Crippen LogP contribution in [0.3, 0.4) is 0 Å². The third-order valence-electron chi connectivity index (χ3n) is 4.22. The van der Waals surface area contributed by atoms with E-state index in [9.17, 15) is 4.79 Å². The maximum Gasteiger partial charge on any atom is 0.186 e. The molecule has 25 heavy (non-hydrogen) atoms. The molecule has 4 nitrogen and oxygen atoms in total. The number of carbonyl (C=O) groups is 1. The molecule has 1 aliphatic heterocycles. The zero-order chi connectivity index (χ0) is 17.8. The molecule has 0 saturated carbocycles. The van der Waals surface area contributed by atoms with Crippen LogP contribution in [0.4, 0.5) is 11.4 Å². The Hall–Kier alpha value is -2.46. The molecule has 1 aliphatic rings. The van der Waals surface area contributed by atoms with Gasteiger partial charge in [-0.1, -0.05) is 29.3 Å². The first kappa shape index (κ1) is 17.4. The molecule has 0 aliphatic carbocycles. The van der Waals surface area contributed by atoms with Crippen molar-refractivity contribution in [2.24, 2.45) is 0 Å². The molecule has 5 heteroatoms. The molecule has 0 amide bonds. The van der Waals surface area contributed by atoms with Crippen molar-refractivity contribution in [3.05, 3.63) is 70.6 Å². The highest BCUT2D eigenvalue weighted by molar-refractivity contribution is 6.30. The summed E-state index contributed by atoms with van der Waals surface area (Å²) in [5, 5.41) is 0.730. The van der Waals surface area contributed by atoms with E-state index in [1.165, 1.54) is 11.1 Å². The average molecular weight is 357 g/mol. The number of hydrogen-bond donors (Lipinski definition) is 0. The lowest BCUT2D eigenvalue weighted by Gasteiger charge is -2.29. The van der Waals surface area contributed by atoms with Crippen molar-refractivity contribution >= 4 is 29.3 Å². The summed E-state index contributed by atoms with van der Waals surface area (Å²) in [7, 11) is 2.06. The molecule has 2 aromatic rings. The quantitative estimate of drug-likeness (QED) is 0.753. The molecule has 0 N–H and O–H groups in total. The molecule has 0 atom stereocenters. The SMILES string of the molecule is Cc1ccc(N2C=C(C=O)OCC2)c(CN(C)c2ccc(Cl)cc2)c1. The van der Waals surface area contributed by atoms with Crippen molar-refractivity contribution in [1.29, 1.82) is 0 Å². The summed E-state index contributed by atoms with van der Waals surface area (Å²) in [6, 6.07) is 14.2. The van der Waals surface area contributed by atoms with Gasteiger partial charge in [-0.25, -0.2) is 0 Å². The molecule has 0 aromatic heterocycles. The summed E-state index contributed by atoms with van der Waals surface area (Å²) < 4.78 is 5.33. The van der Waals surface area contributed by atoms with Crippen molar-refractivity contribution in [3.8, 4) is 0 Å². The number of aldehydes is 1. The molecule has 0 spiro atoms. The van der Waals surface area contributed by atoms with Crippen molar-refractivity contribution in [2.45, 2.75) is 13.5 Å². The van der Waals surface area contributed by atoms with Gasteiger partial charge in [0.1, 0.15) is 6.61 Å². The third kappa shape index (κ3) is 4.15. The summed E-state index contributed by atoms with van der Waals surface area (Å²) in [5.41, 5.74) is 4.59. The second-order valence-electron chi connectivity index (χ2n) is 6.16. The van der Waals surface area contributed by atoms with Gasteiger partial charge >= 0.3 is 0 Å². The highest BCUT2D eigenvalue weighted by atomic mass is 35.5. The topological polar surface area (TPSA) is 32.8 Å². The van der Waals surface area contributed by atoms with Crippen molar-refractivity contribution in [3.63, 3.8) is 0 Å². The van der Waals surface area contributed by atoms with Crippen LogP contribution in [-0.4, -0.2) is 26.5 Å². The third-order valence-corrected chi connectivity index (χ3v) is 4.47. The van der Waals surface area contributed by atoms with Crippen LogP contribution in [0.5, 0.6) is 0 Å². The lowest BCUT2D eigenvalue weighted by atomic mass is 10.1. The maximum absolute atomic E-state index is 11.0. The first-order valence-electron chi connectivity index (χ1n) is 8.19. The molecule has 3 rings (SSSR count). The van der Waals surface area contributed by atoms with E-state index in [-0.39, 0.29) is 0 Å². The number of halogens is 1. The van der Waals surface area contributed by atoms with Gasteiger partial charge in [0.15, 0.2) is 12.0 Å². The number of nitrogens with zero attached hydrogens (tertiary/aromatic N) is 2. The van der Waals surface area contributed by atoms with E-state index in [1.807, 2.05) is 24.3 Å². The van der Waals surface area contributed by atoms with E-state index in [0.29, 0.717) is 12.4 Å². The van der Waals surface area contributed by atoms with Gasteiger partial charge in [0.25, 0.3) is 0 Å². The van der Waals surface area contributed by atoms with Gasteiger partial charge in [0, 0.05) is 36.2 Å². The largest absolute Gasteiger partial charge is 0.487 e. The Kier molecular flexibility index (Phi) is 5.29. The normalized spacial score (nSPS) is 13.9. The van der Waals surface area contributed by atoms with Crippen LogP contribution in [0.1, 0.15) is 11.1 Å². The van der Waals surface area contributed by atoms with Gasteiger partial charge in [-0.05, 0) is 42.8 Å². The standard InChI is InChI=1S/C20H21ClN2O2/c1-15-3-8-20(23-9-10-25-19(13-23)14-24)16(11-15)12-22(2)18-6-4-17(21)5-7-18/h3-8,11,13-14H,9-10,12H2,1-2H3. The molecule has 130 valence electrons. The van der Waals surface area contributed by atoms with Gasteiger partial charge in [-0.15, -0.1) is 0 Å². The van der Waals surface area contributed by atoms with Gasteiger partial charge in [-0.2, -0.15) is 0 Å². The second-order valence-corrected chi connectivity index (χ2v) is 6.59. The number of carbonyl (C=O) groups excluding carboxylic acids is 1. The van der Waals surface area contributed by atoms with Gasteiger partial charge < -0.3 is 14.5 Å². The lowest BCUT2D eigenvalue weighted by Crippen LogP contribution is -2.29. The van der Waals surface area contributed by atoms with Crippen LogP contribution >= 0.6 is 11.6 Å². The van der Waals surface area contributed by atoms with Crippen molar-refractivity contribution in [1.82, 2.24) is 0 Å². The summed E-state index contributed by atoms with van der Waals surface area (Å²) >= 11 is 5.98. The summed E-state index contributed by atoms with van der Waals surface area (Å²) in [4.78, 5) is 15.3. The highest BCUT2D eigenvalue weighted by Crippen LogP contribution is 2.27. The molecular formula is C20H21ClN2O2. The van der Waals surface area contributed by atoms with E-state index in [4.69, 9.17) is 16.3 Å². The monoisotopic (exact) mass is 356 g/mol. The zero-order valence-electron chi connectivity index (χ0n) is 14.4. The molecule has 1 heterocycles. The van der Waals surface area contributed by atoms with Crippen LogP contribution in [0, 0.1) is 6.92 Å². The predicted octanol–water partition coefficient (Wildman–Crippen LogP) is 4.16. The Balaban J connectivity index is 1.89. The Morgan fingerprint density at radius 3 is 2.72 bits per heavy atom. The molecule has 0 bridgehead atoms. The van der Waals surface area contributed by atoms with Crippen LogP contribution in [-0.2, 0) is 16.1 Å². The number of ether oxygens (including phenoxy) is 1. The number of hydrogen-bond acceptors (Lipinski definition) is 4. The predicted molar refractivity (Wildman–Crippen MR) is 102 cm³/mol. The van der Waals surface area contributed by atoms with Gasteiger partial charge in [-0.3, -0.25) is 4.79 Å². The van der Waals surface area contributed by atoms with Gasteiger partial charge in [0.05, 0.1) is 6.54 Å². The highest BCUT2D eigenvalue weighted by Gasteiger charge is 2.16. The van der Waals surface area contributed by atoms with E-state index in [2.05, 4.69) is 42.0 Å². The molecule has 2 aromatic carbocycles. The summed E-state index contributed by atoms with van der Waals surface area (Å²) in [5.74, 6) is 0.365. The van der Waals surface area contributed by atoms with Crippen LogP contribution in [0.15, 0.2) is 54.4 Å². The fourth-order valence-corrected chi connectivity index (χ4v) is 3.06. The maximum atomic E-state index is 11.0. The summed E-state index contributed by atoms with van der Waals surface area (Å²) in [6.07, 6.45) is 2.52. The zero-order valence-corrected chi connectivity index (χ0v) is 15.2. The number of benzene rings is 2. The van der Waals surface area contributed by atoms with Gasteiger partial charge in [0.2, 0.25) is 0 Å². The Morgan fingerprint density at radius 2 is 2.00 bits per heavy atom. The minimum Gasteiger partial charge on any atom is -0.487 e. The van der Waals surface area contributed by atoms with E-state index in [1.54, 1.807) is 6.20 Å². The minimum absolute atomic E-state index is 0.365. The fourth-order valence-electron chi connectivity index (χ4n) is 2.94. The fraction of sp³-hybridized carbons (Fsp3) is 0.250. The molecule has 0 unspecified atom stereocenters. The van der Waals surface area contributed by atoms with Crippen LogP contribution in [0.25, 0.3) is 0 Å². The molecule has 0 radical (unpaired) electrons. The Labute approximate surface area is 153 Å². The lowest BCUT2D eigenvalue weighted by molar-refractivity contribution is -0.108. The number of allylic oxidation sites excluding steroid dienone is 1. The van der Waals surface area contributed by atoms with Crippen molar-refractivity contribution < 1.29 is 9.53 Å². The smallest absolute Gasteiger partial charge is 0.186 e. The number of anilines is 2. The summed E-state index contributed by atoms with van der Waals surface area (Å²) in [6.45, 7) is 4.06.